The van der Waals surface area contributed by atoms with Crippen molar-refractivity contribution in [3.8, 4) is 0 Å². The van der Waals surface area contributed by atoms with Crippen molar-refractivity contribution in [1.82, 2.24) is 9.80 Å². The Morgan fingerprint density at radius 1 is 1.05 bits per heavy atom. The normalized spacial score (nSPS) is 28.1. The third-order valence-corrected chi connectivity index (χ3v) is 4.74. The van der Waals surface area contributed by atoms with E-state index in [1.54, 1.807) is 4.90 Å². The van der Waals surface area contributed by atoms with E-state index in [9.17, 15) is 9.59 Å². The first-order valence-electron chi connectivity index (χ1n) is 7.88. The lowest BCUT2D eigenvalue weighted by molar-refractivity contribution is -0.143. The van der Waals surface area contributed by atoms with Crippen LogP contribution in [0.5, 0.6) is 0 Å². The number of amides is 2. The molecule has 2 saturated heterocycles. The molecule has 5 nitrogen and oxygen atoms in total. The zero-order chi connectivity index (χ0) is 14.5. The summed E-state index contributed by atoms with van der Waals surface area (Å²) in [7, 11) is 0. The lowest BCUT2D eigenvalue weighted by atomic mass is 9.98. The lowest BCUT2D eigenvalue weighted by Gasteiger charge is -2.34. The number of carboxylic acid groups (broad SMARTS) is 1. The number of aliphatic carboxylic acids is 1. The Labute approximate surface area is 120 Å². The zero-order valence-corrected chi connectivity index (χ0v) is 12.4. The van der Waals surface area contributed by atoms with Crippen LogP contribution in [0.1, 0.15) is 45.4 Å². The van der Waals surface area contributed by atoms with E-state index in [0.29, 0.717) is 19.5 Å². The second kappa shape index (κ2) is 6.95. The molecule has 20 heavy (non-hydrogen) atoms. The standard InChI is InChI=1S/C15H26N2O3/c1-2-12-5-3-8-16(10-7-12)15(20)17-9-4-6-13(11-17)14(18)19/h12-13H,2-11H2,1H3,(H,18,19). The van der Waals surface area contributed by atoms with E-state index >= 15 is 0 Å². The fourth-order valence-electron chi connectivity index (χ4n) is 3.32. The molecule has 0 aromatic heterocycles. The molecule has 0 radical (unpaired) electrons. The maximum atomic E-state index is 12.5. The van der Waals surface area contributed by atoms with E-state index in [1.807, 2.05) is 4.90 Å². The van der Waals surface area contributed by atoms with E-state index in [2.05, 4.69) is 6.92 Å². The number of likely N-dealkylation sites (tertiary alicyclic amines) is 2. The first-order chi connectivity index (χ1) is 9.61. The van der Waals surface area contributed by atoms with Gasteiger partial charge in [0.1, 0.15) is 0 Å². The molecule has 0 saturated carbocycles. The predicted molar refractivity (Wildman–Crippen MR) is 76.5 cm³/mol. The van der Waals surface area contributed by atoms with Gasteiger partial charge in [-0.15, -0.1) is 0 Å². The molecular weight excluding hydrogens is 256 g/mol. The minimum atomic E-state index is -0.774. The van der Waals surface area contributed by atoms with Gasteiger partial charge in [0.15, 0.2) is 0 Å². The highest BCUT2D eigenvalue weighted by Crippen LogP contribution is 2.23. The molecule has 0 aromatic rings. The number of urea groups is 1. The molecular formula is C15H26N2O3. The summed E-state index contributed by atoms with van der Waals surface area (Å²) < 4.78 is 0. The summed E-state index contributed by atoms with van der Waals surface area (Å²) in [6, 6.07) is 0.0488. The van der Waals surface area contributed by atoms with Crippen molar-refractivity contribution < 1.29 is 14.7 Å². The second-order valence-corrected chi connectivity index (χ2v) is 6.10. The van der Waals surface area contributed by atoms with E-state index in [1.165, 1.54) is 12.8 Å². The minimum Gasteiger partial charge on any atom is -0.481 e. The van der Waals surface area contributed by atoms with Gasteiger partial charge in [0.25, 0.3) is 0 Å². The van der Waals surface area contributed by atoms with Crippen LogP contribution in [0.2, 0.25) is 0 Å². The molecule has 0 bridgehead atoms. The number of rotatable bonds is 2. The molecule has 2 amide bonds. The van der Waals surface area contributed by atoms with E-state index in [-0.39, 0.29) is 11.9 Å². The summed E-state index contributed by atoms with van der Waals surface area (Å²) in [5, 5.41) is 9.11. The number of carboxylic acids is 1. The van der Waals surface area contributed by atoms with Gasteiger partial charge in [-0.1, -0.05) is 13.3 Å². The van der Waals surface area contributed by atoms with Crippen LogP contribution < -0.4 is 0 Å². The summed E-state index contributed by atoms with van der Waals surface area (Å²) in [4.78, 5) is 27.3. The average molecular weight is 282 g/mol. The summed E-state index contributed by atoms with van der Waals surface area (Å²) in [6.45, 7) is 4.94. The molecule has 0 aliphatic carbocycles. The Hall–Kier alpha value is -1.26. The average Bonchev–Trinajstić information content (AvgIpc) is 2.72. The highest BCUT2D eigenvalue weighted by atomic mass is 16.4. The Balaban J connectivity index is 1.91. The maximum Gasteiger partial charge on any atom is 0.320 e. The predicted octanol–water partition coefficient (Wildman–Crippen LogP) is 2.42. The first-order valence-corrected chi connectivity index (χ1v) is 7.88. The fraction of sp³-hybridized carbons (Fsp3) is 0.867. The van der Waals surface area contributed by atoms with Crippen molar-refractivity contribution in [3.05, 3.63) is 0 Å². The number of nitrogens with zero attached hydrogens (tertiary/aromatic N) is 2. The molecule has 2 heterocycles. The van der Waals surface area contributed by atoms with E-state index in [0.717, 1.165) is 38.3 Å². The molecule has 2 aliphatic rings. The summed E-state index contributed by atoms with van der Waals surface area (Å²) >= 11 is 0. The van der Waals surface area contributed by atoms with Crippen LogP contribution in [0.15, 0.2) is 0 Å². The van der Waals surface area contributed by atoms with E-state index < -0.39 is 5.97 Å². The van der Waals surface area contributed by atoms with Crippen LogP contribution in [0, 0.1) is 11.8 Å². The molecule has 1 N–H and O–H groups in total. The molecule has 0 spiro atoms. The van der Waals surface area contributed by atoms with Crippen LogP contribution in [0.25, 0.3) is 0 Å². The molecule has 2 fully saturated rings. The van der Waals surface area contributed by atoms with Gasteiger partial charge in [-0.2, -0.15) is 0 Å². The number of carbonyl (C=O) groups excluding carboxylic acids is 1. The van der Waals surface area contributed by atoms with Crippen molar-refractivity contribution >= 4 is 12.0 Å². The quantitative estimate of drug-likeness (QED) is 0.846. The molecule has 2 aliphatic heterocycles. The number of hydrogen-bond donors (Lipinski definition) is 1. The fourth-order valence-corrected chi connectivity index (χ4v) is 3.32. The Morgan fingerprint density at radius 2 is 1.75 bits per heavy atom. The highest BCUT2D eigenvalue weighted by molar-refractivity contribution is 5.76. The van der Waals surface area contributed by atoms with Crippen LogP contribution in [-0.4, -0.2) is 53.1 Å². The molecule has 2 rings (SSSR count). The highest BCUT2D eigenvalue weighted by Gasteiger charge is 2.31. The van der Waals surface area contributed by atoms with Crippen molar-refractivity contribution in [2.75, 3.05) is 26.2 Å². The number of piperidine rings is 1. The third-order valence-electron chi connectivity index (χ3n) is 4.74. The van der Waals surface area contributed by atoms with Gasteiger partial charge in [-0.3, -0.25) is 4.79 Å². The number of carbonyl (C=O) groups is 2. The van der Waals surface area contributed by atoms with Crippen LogP contribution in [-0.2, 0) is 4.79 Å². The Kier molecular flexibility index (Phi) is 5.26. The molecule has 5 heteroatoms. The summed E-state index contributed by atoms with van der Waals surface area (Å²) in [5.74, 6) is -0.423. The topological polar surface area (TPSA) is 60.9 Å². The van der Waals surface area contributed by atoms with Crippen molar-refractivity contribution in [1.29, 1.82) is 0 Å². The van der Waals surface area contributed by atoms with Crippen molar-refractivity contribution in [3.63, 3.8) is 0 Å². The van der Waals surface area contributed by atoms with Gasteiger partial charge < -0.3 is 14.9 Å². The molecule has 114 valence electrons. The van der Waals surface area contributed by atoms with Crippen LogP contribution >= 0.6 is 0 Å². The van der Waals surface area contributed by atoms with Crippen LogP contribution in [0.4, 0.5) is 4.79 Å². The molecule has 2 unspecified atom stereocenters. The van der Waals surface area contributed by atoms with Crippen molar-refractivity contribution in [2.24, 2.45) is 11.8 Å². The SMILES string of the molecule is CCC1CCCN(C(=O)N2CCCC(C(=O)O)C2)CC1. The third kappa shape index (κ3) is 3.64. The smallest absolute Gasteiger partial charge is 0.320 e. The molecule has 2 atom stereocenters. The lowest BCUT2D eigenvalue weighted by Crippen LogP contribution is -2.49. The van der Waals surface area contributed by atoms with Gasteiger partial charge in [0.2, 0.25) is 0 Å². The Bertz CT molecular complexity index is 359. The largest absolute Gasteiger partial charge is 0.481 e. The monoisotopic (exact) mass is 282 g/mol. The summed E-state index contributed by atoms with van der Waals surface area (Å²) in [6.07, 6.45) is 6.04. The maximum absolute atomic E-state index is 12.5. The van der Waals surface area contributed by atoms with E-state index in [4.69, 9.17) is 5.11 Å². The van der Waals surface area contributed by atoms with Gasteiger partial charge in [-0.25, -0.2) is 4.79 Å². The van der Waals surface area contributed by atoms with Crippen LogP contribution in [0.3, 0.4) is 0 Å². The summed E-state index contributed by atoms with van der Waals surface area (Å²) in [5.41, 5.74) is 0. The van der Waals surface area contributed by atoms with Gasteiger partial charge in [0, 0.05) is 26.2 Å². The van der Waals surface area contributed by atoms with Crippen molar-refractivity contribution in [2.45, 2.75) is 45.4 Å². The Morgan fingerprint density at radius 3 is 2.45 bits per heavy atom. The number of hydrogen-bond acceptors (Lipinski definition) is 2. The molecule has 0 aromatic carbocycles. The second-order valence-electron chi connectivity index (χ2n) is 6.10. The zero-order valence-electron chi connectivity index (χ0n) is 12.4. The van der Waals surface area contributed by atoms with Gasteiger partial charge in [-0.05, 0) is 38.0 Å². The van der Waals surface area contributed by atoms with Gasteiger partial charge >= 0.3 is 12.0 Å². The van der Waals surface area contributed by atoms with Gasteiger partial charge in [0.05, 0.1) is 5.92 Å². The first kappa shape index (κ1) is 15.1. The minimum absolute atomic E-state index is 0.0488.